The van der Waals surface area contributed by atoms with E-state index in [1.807, 2.05) is 5.01 Å². The lowest BCUT2D eigenvalue weighted by Crippen LogP contribution is -2.56. The summed E-state index contributed by atoms with van der Waals surface area (Å²) in [6.45, 7) is 9.73. The number of carbonyl (C=O) groups excluding carboxylic acids is 1. The SMILES string of the molecule is CCC1(C(=O)NN2CCOCC2)CCCC(C)C1C. The molecular weight excluding hydrogens is 240 g/mol. The molecule has 4 nitrogen and oxygen atoms in total. The zero-order valence-electron chi connectivity index (χ0n) is 12.6. The van der Waals surface area contributed by atoms with Crippen LogP contribution in [0.3, 0.4) is 0 Å². The van der Waals surface area contributed by atoms with Crippen molar-refractivity contribution in [3.05, 3.63) is 0 Å². The normalized spacial score (nSPS) is 37.0. The van der Waals surface area contributed by atoms with Crippen LogP contribution in [0, 0.1) is 17.3 Å². The lowest BCUT2D eigenvalue weighted by Gasteiger charge is -2.45. The monoisotopic (exact) mass is 268 g/mol. The van der Waals surface area contributed by atoms with E-state index in [-0.39, 0.29) is 11.3 Å². The summed E-state index contributed by atoms with van der Waals surface area (Å²) in [6, 6.07) is 0. The minimum Gasteiger partial charge on any atom is -0.379 e. The van der Waals surface area contributed by atoms with E-state index in [1.54, 1.807) is 0 Å². The van der Waals surface area contributed by atoms with Crippen LogP contribution in [-0.2, 0) is 9.53 Å². The van der Waals surface area contributed by atoms with Crippen molar-refractivity contribution in [3.8, 4) is 0 Å². The standard InChI is InChI=1S/C15H28N2O2/c1-4-15(7-5-6-12(2)13(15)3)14(18)16-17-8-10-19-11-9-17/h12-13H,4-11H2,1-3H3,(H,16,18). The van der Waals surface area contributed by atoms with Crippen molar-refractivity contribution in [3.63, 3.8) is 0 Å². The number of morpholine rings is 1. The minimum absolute atomic E-state index is 0.171. The van der Waals surface area contributed by atoms with Gasteiger partial charge in [-0.2, -0.15) is 0 Å². The van der Waals surface area contributed by atoms with Gasteiger partial charge in [-0.25, -0.2) is 5.01 Å². The van der Waals surface area contributed by atoms with Crippen LogP contribution < -0.4 is 5.43 Å². The largest absolute Gasteiger partial charge is 0.379 e. The molecule has 1 saturated carbocycles. The minimum atomic E-state index is -0.171. The van der Waals surface area contributed by atoms with Crippen LogP contribution in [0.4, 0.5) is 0 Å². The topological polar surface area (TPSA) is 41.6 Å². The third-order valence-corrected chi connectivity index (χ3v) is 5.36. The fourth-order valence-electron chi connectivity index (χ4n) is 3.67. The number of hydrogen-bond donors (Lipinski definition) is 1. The van der Waals surface area contributed by atoms with Gasteiger partial charge in [0.15, 0.2) is 0 Å². The molecule has 1 saturated heterocycles. The van der Waals surface area contributed by atoms with Gasteiger partial charge in [-0.3, -0.25) is 10.2 Å². The first-order valence-corrected chi connectivity index (χ1v) is 7.74. The van der Waals surface area contributed by atoms with Gasteiger partial charge in [0.25, 0.3) is 0 Å². The summed E-state index contributed by atoms with van der Waals surface area (Å²) in [5.74, 6) is 1.34. The number of nitrogens with zero attached hydrogens (tertiary/aromatic N) is 1. The first-order valence-electron chi connectivity index (χ1n) is 7.74. The van der Waals surface area contributed by atoms with Crippen LogP contribution >= 0.6 is 0 Å². The third-order valence-electron chi connectivity index (χ3n) is 5.36. The van der Waals surface area contributed by atoms with E-state index < -0.39 is 0 Å². The second-order valence-corrected chi connectivity index (χ2v) is 6.21. The second-order valence-electron chi connectivity index (χ2n) is 6.21. The van der Waals surface area contributed by atoms with Crippen molar-refractivity contribution in [2.24, 2.45) is 17.3 Å². The fraction of sp³-hybridized carbons (Fsp3) is 0.933. The Bertz CT molecular complexity index is 315. The number of amides is 1. The predicted octanol–water partition coefficient (Wildman–Crippen LogP) is 2.20. The highest BCUT2D eigenvalue weighted by Crippen LogP contribution is 2.46. The summed E-state index contributed by atoms with van der Waals surface area (Å²) in [4.78, 5) is 12.8. The van der Waals surface area contributed by atoms with Crippen molar-refractivity contribution >= 4 is 5.91 Å². The van der Waals surface area contributed by atoms with E-state index in [2.05, 4.69) is 26.2 Å². The fourth-order valence-corrected chi connectivity index (χ4v) is 3.67. The summed E-state index contributed by atoms with van der Waals surface area (Å²) in [6.07, 6.45) is 4.41. The van der Waals surface area contributed by atoms with Gasteiger partial charge in [-0.1, -0.05) is 33.6 Å². The Morgan fingerprint density at radius 3 is 2.68 bits per heavy atom. The molecule has 3 unspecified atom stereocenters. The van der Waals surface area contributed by atoms with Gasteiger partial charge in [0.1, 0.15) is 0 Å². The number of hydrazine groups is 1. The van der Waals surface area contributed by atoms with Crippen LogP contribution in [0.5, 0.6) is 0 Å². The average Bonchev–Trinajstić information content (AvgIpc) is 2.43. The van der Waals surface area contributed by atoms with Gasteiger partial charge >= 0.3 is 0 Å². The molecular formula is C15H28N2O2. The smallest absolute Gasteiger partial charge is 0.240 e. The van der Waals surface area contributed by atoms with Gasteiger partial charge in [0, 0.05) is 13.1 Å². The lowest BCUT2D eigenvalue weighted by molar-refractivity contribution is -0.145. The quantitative estimate of drug-likeness (QED) is 0.853. The van der Waals surface area contributed by atoms with Crippen molar-refractivity contribution in [1.29, 1.82) is 0 Å². The summed E-state index contributed by atoms with van der Waals surface area (Å²) >= 11 is 0. The molecule has 0 aromatic rings. The summed E-state index contributed by atoms with van der Waals surface area (Å²) in [5.41, 5.74) is 2.98. The highest BCUT2D eigenvalue weighted by Gasteiger charge is 2.46. The van der Waals surface area contributed by atoms with E-state index >= 15 is 0 Å². The van der Waals surface area contributed by atoms with Gasteiger partial charge < -0.3 is 4.74 Å². The summed E-state index contributed by atoms with van der Waals surface area (Å²) in [7, 11) is 0. The van der Waals surface area contributed by atoms with Crippen molar-refractivity contribution < 1.29 is 9.53 Å². The van der Waals surface area contributed by atoms with Crippen LogP contribution in [-0.4, -0.2) is 37.2 Å². The van der Waals surface area contributed by atoms with Crippen LogP contribution in [0.2, 0.25) is 0 Å². The molecule has 0 spiro atoms. The maximum absolute atomic E-state index is 12.8. The molecule has 0 radical (unpaired) electrons. The maximum atomic E-state index is 12.8. The molecule has 1 amide bonds. The molecule has 3 atom stereocenters. The van der Waals surface area contributed by atoms with Gasteiger partial charge in [0.05, 0.1) is 18.6 Å². The van der Waals surface area contributed by atoms with Crippen molar-refractivity contribution in [2.75, 3.05) is 26.3 Å². The molecule has 1 aliphatic carbocycles. The molecule has 1 heterocycles. The molecule has 4 heteroatoms. The number of rotatable bonds is 3. The van der Waals surface area contributed by atoms with Crippen molar-refractivity contribution in [2.45, 2.75) is 46.5 Å². The van der Waals surface area contributed by atoms with Crippen molar-refractivity contribution in [1.82, 2.24) is 10.4 Å². The van der Waals surface area contributed by atoms with E-state index in [0.29, 0.717) is 25.0 Å². The van der Waals surface area contributed by atoms with Gasteiger partial charge in [-0.15, -0.1) is 0 Å². The van der Waals surface area contributed by atoms with Gasteiger partial charge in [-0.05, 0) is 24.7 Å². The number of carbonyl (C=O) groups is 1. The second kappa shape index (κ2) is 6.23. The van der Waals surface area contributed by atoms with Gasteiger partial charge in [0.2, 0.25) is 5.91 Å². The number of nitrogens with one attached hydrogen (secondary N) is 1. The molecule has 1 N–H and O–H groups in total. The summed E-state index contributed by atoms with van der Waals surface area (Å²) in [5, 5.41) is 2.02. The Hall–Kier alpha value is -0.610. The number of ether oxygens (including phenoxy) is 1. The Morgan fingerprint density at radius 1 is 1.37 bits per heavy atom. The Kier molecular flexibility index (Phi) is 4.85. The highest BCUT2D eigenvalue weighted by molar-refractivity contribution is 5.82. The van der Waals surface area contributed by atoms with Crippen LogP contribution in [0.25, 0.3) is 0 Å². The molecule has 0 bridgehead atoms. The third kappa shape index (κ3) is 2.95. The summed E-state index contributed by atoms with van der Waals surface area (Å²) < 4.78 is 5.32. The molecule has 2 aliphatic rings. The average molecular weight is 268 g/mol. The molecule has 110 valence electrons. The molecule has 2 rings (SSSR count). The molecule has 0 aromatic carbocycles. The molecule has 19 heavy (non-hydrogen) atoms. The Morgan fingerprint density at radius 2 is 2.05 bits per heavy atom. The first kappa shape index (κ1) is 14.8. The predicted molar refractivity (Wildman–Crippen MR) is 75.4 cm³/mol. The molecule has 1 aliphatic heterocycles. The number of hydrogen-bond acceptors (Lipinski definition) is 3. The maximum Gasteiger partial charge on any atom is 0.240 e. The lowest BCUT2D eigenvalue weighted by atomic mass is 9.61. The van der Waals surface area contributed by atoms with Crippen LogP contribution in [0.15, 0.2) is 0 Å². The Labute approximate surface area is 116 Å². The zero-order valence-corrected chi connectivity index (χ0v) is 12.6. The Balaban J connectivity index is 2.04. The zero-order chi connectivity index (χ0) is 13.9. The highest BCUT2D eigenvalue weighted by atomic mass is 16.5. The molecule has 2 fully saturated rings. The molecule has 0 aromatic heterocycles. The van der Waals surface area contributed by atoms with E-state index in [1.165, 1.54) is 12.8 Å². The van der Waals surface area contributed by atoms with E-state index in [4.69, 9.17) is 4.74 Å². The van der Waals surface area contributed by atoms with E-state index in [0.717, 1.165) is 25.9 Å². The van der Waals surface area contributed by atoms with Crippen LogP contribution in [0.1, 0.15) is 46.5 Å². The first-order chi connectivity index (χ1) is 9.10. The van der Waals surface area contributed by atoms with E-state index in [9.17, 15) is 4.79 Å².